The third kappa shape index (κ3) is 3.93. The number of fused-ring (bicyclic) bond motifs is 1. The van der Waals surface area contributed by atoms with Crippen molar-refractivity contribution >= 4 is 22.5 Å². The van der Waals surface area contributed by atoms with Crippen molar-refractivity contribution < 1.29 is 9.53 Å². The average Bonchev–Trinajstić information content (AvgIpc) is 2.78. The lowest BCUT2D eigenvalue weighted by atomic mass is 10.1. The zero-order chi connectivity index (χ0) is 21.1. The molecule has 6 heteroatoms. The Kier molecular flexibility index (Phi) is 5.30. The maximum atomic E-state index is 13.3. The molecule has 2 aromatic carbocycles. The van der Waals surface area contributed by atoms with Crippen molar-refractivity contribution in [3.05, 3.63) is 100 Å². The largest absolute Gasteiger partial charge is 0.497 e. The van der Waals surface area contributed by atoms with Gasteiger partial charge in [0.15, 0.2) is 0 Å². The predicted molar refractivity (Wildman–Crippen MR) is 117 cm³/mol. The molecule has 1 N–H and O–H groups in total. The highest BCUT2D eigenvalue weighted by Crippen LogP contribution is 2.23. The number of nitrogens with zero attached hydrogens (tertiary/aromatic N) is 2. The highest BCUT2D eigenvalue weighted by atomic mass is 16.5. The molecule has 2 heterocycles. The topological polar surface area (TPSA) is 75.3 Å². The number of aromatic amines is 1. The quantitative estimate of drug-likeness (QED) is 0.549. The van der Waals surface area contributed by atoms with Gasteiger partial charge in [0.25, 0.3) is 11.5 Å². The van der Waals surface area contributed by atoms with Crippen LogP contribution in [0.5, 0.6) is 5.75 Å². The first-order chi connectivity index (χ1) is 14.5. The van der Waals surface area contributed by atoms with Crippen LogP contribution in [0.4, 0.5) is 5.69 Å². The molecule has 0 atom stereocenters. The van der Waals surface area contributed by atoms with Gasteiger partial charge in [0.1, 0.15) is 5.75 Å². The van der Waals surface area contributed by atoms with E-state index in [1.807, 2.05) is 31.2 Å². The second kappa shape index (κ2) is 8.21. The molecule has 0 aliphatic carbocycles. The SMILES string of the molecule is COc1ccc(N(Cc2cc3cc(C)ccc3[nH]c2=O)C(=O)c2cccnc2)cc1. The molecule has 150 valence electrons. The van der Waals surface area contributed by atoms with E-state index in [2.05, 4.69) is 9.97 Å². The number of pyridine rings is 2. The Labute approximate surface area is 173 Å². The summed E-state index contributed by atoms with van der Waals surface area (Å²) in [7, 11) is 1.59. The highest BCUT2D eigenvalue weighted by Gasteiger charge is 2.20. The molecule has 6 nitrogen and oxygen atoms in total. The van der Waals surface area contributed by atoms with Crippen molar-refractivity contribution in [2.75, 3.05) is 12.0 Å². The van der Waals surface area contributed by atoms with Crippen LogP contribution in [0.2, 0.25) is 0 Å². The van der Waals surface area contributed by atoms with Crippen molar-refractivity contribution in [3.63, 3.8) is 0 Å². The smallest absolute Gasteiger partial charge is 0.260 e. The molecule has 0 aliphatic heterocycles. The van der Waals surface area contributed by atoms with E-state index in [4.69, 9.17) is 4.74 Å². The third-order valence-corrected chi connectivity index (χ3v) is 4.94. The number of carbonyl (C=O) groups excluding carboxylic acids is 1. The fourth-order valence-electron chi connectivity index (χ4n) is 3.35. The van der Waals surface area contributed by atoms with Crippen LogP contribution >= 0.6 is 0 Å². The molecule has 0 aliphatic rings. The number of amides is 1. The van der Waals surface area contributed by atoms with Crippen molar-refractivity contribution in [2.45, 2.75) is 13.5 Å². The Morgan fingerprint density at radius 1 is 1.10 bits per heavy atom. The van der Waals surface area contributed by atoms with Crippen molar-refractivity contribution in [2.24, 2.45) is 0 Å². The molecule has 1 amide bonds. The van der Waals surface area contributed by atoms with Crippen LogP contribution in [0.25, 0.3) is 10.9 Å². The summed E-state index contributed by atoms with van der Waals surface area (Å²) in [5.41, 5.74) is 3.25. The van der Waals surface area contributed by atoms with Gasteiger partial charge in [0, 0.05) is 29.2 Å². The summed E-state index contributed by atoms with van der Waals surface area (Å²) in [6, 6.07) is 18.3. The lowest BCUT2D eigenvalue weighted by Crippen LogP contribution is -2.33. The molecule has 30 heavy (non-hydrogen) atoms. The minimum absolute atomic E-state index is 0.124. The van der Waals surface area contributed by atoms with Crippen molar-refractivity contribution in [1.82, 2.24) is 9.97 Å². The standard InChI is InChI=1S/C24H21N3O3/c1-16-5-10-22-18(12-16)13-19(23(28)26-22)15-27(20-6-8-21(30-2)9-7-20)24(29)17-4-3-11-25-14-17/h3-14H,15H2,1-2H3,(H,26,28). The van der Waals surface area contributed by atoms with Gasteiger partial charge in [-0.05, 0) is 66.9 Å². The van der Waals surface area contributed by atoms with Crippen LogP contribution in [0.15, 0.2) is 77.9 Å². The first-order valence-corrected chi connectivity index (χ1v) is 9.53. The fraction of sp³-hybridized carbons (Fsp3) is 0.125. The van der Waals surface area contributed by atoms with Gasteiger partial charge in [-0.15, -0.1) is 0 Å². The highest BCUT2D eigenvalue weighted by molar-refractivity contribution is 6.05. The van der Waals surface area contributed by atoms with E-state index in [1.54, 1.807) is 54.6 Å². The normalized spacial score (nSPS) is 10.7. The van der Waals surface area contributed by atoms with Crippen LogP contribution in [0, 0.1) is 6.92 Å². The maximum absolute atomic E-state index is 13.3. The fourth-order valence-corrected chi connectivity index (χ4v) is 3.35. The second-order valence-corrected chi connectivity index (χ2v) is 7.05. The molecular formula is C24H21N3O3. The van der Waals surface area contributed by atoms with Gasteiger partial charge in [-0.25, -0.2) is 0 Å². The summed E-state index contributed by atoms with van der Waals surface area (Å²) in [4.78, 5) is 34.5. The van der Waals surface area contributed by atoms with Gasteiger partial charge in [0.05, 0.1) is 19.2 Å². The molecule has 0 saturated heterocycles. The zero-order valence-corrected chi connectivity index (χ0v) is 16.8. The summed E-state index contributed by atoms with van der Waals surface area (Å²) in [6.45, 7) is 2.12. The molecule has 0 fully saturated rings. The van der Waals surface area contributed by atoms with Gasteiger partial charge < -0.3 is 14.6 Å². The summed E-state index contributed by atoms with van der Waals surface area (Å²) in [6.07, 6.45) is 3.14. The number of aryl methyl sites for hydroxylation is 1. The molecule has 0 saturated carbocycles. The summed E-state index contributed by atoms with van der Waals surface area (Å²) >= 11 is 0. The van der Waals surface area contributed by atoms with Crippen molar-refractivity contribution in [3.8, 4) is 5.75 Å². The van der Waals surface area contributed by atoms with Gasteiger partial charge in [0.2, 0.25) is 0 Å². The van der Waals surface area contributed by atoms with E-state index < -0.39 is 0 Å². The Balaban J connectivity index is 1.77. The lowest BCUT2D eigenvalue weighted by molar-refractivity contribution is 0.0984. The Hall–Kier alpha value is -3.93. The second-order valence-electron chi connectivity index (χ2n) is 7.05. The summed E-state index contributed by atoms with van der Waals surface area (Å²) in [5, 5.41) is 0.924. The average molecular weight is 399 g/mol. The molecule has 4 aromatic rings. The van der Waals surface area contributed by atoms with E-state index in [1.165, 1.54) is 6.20 Å². The summed E-state index contributed by atoms with van der Waals surface area (Å²) < 4.78 is 5.22. The number of anilines is 1. The number of rotatable bonds is 5. The number of hydrogen-bond acceptors (Lipinski definition) is 4. The van der Waals surface area contributed by atoms with Gasteiger partial charge >= 0.3 is 0 Å². The Bertz CT molecular complexity index is 1250. The molecular weight excluding hydrogens is 378 g/mol. The predicted octanol–water partition coefficient (Wildman–Crippen LogP) is 4.09. The van der Waals surface area contributed by atoms with E-state index >= 15 is 0 Å². The van der Waals surface area contributed by atoms with Crippen LogP contribution in [0.3, 0.4) is 0 Å². The molecule has 4 rings (SSSR count). The first-order valence-electron chi connectivity index (χ1n) is 9.53. The number of H-pyrrole nitrogens is 1. The first kappa shape index (κ1) is 19.4. The van der Waals surface area contributed by atoms with Crippen molar-refractivity contribution in [1.29, 1.82) is 0 Å². The maximum Gasteiger partial charge on any atom is 0.260 e. The number of methoxy groups -OCH3 is 1. The zero-order valence-electron chi connectivity index (χ0n) is 16.8. The van der Waals surface area contributed by atoms with Crippen LogP contribution < -0.4 is 15.2 Å². The number of hydrogen-bond donors (Lipinski definition) is 1. The number of benzene rings is 2. The van der Waals surface area contributed by atoms with E-state index in [-0.39, 0.29) is 18.0 Å². The monoisotopic (exact) mass is 399 g/mol. The number of carbonyl (C=O) groups is 1. The number of nitrogens with one attached hydrogen (secondary N) is 1. The summed E-state index contributed by atoms with van der Waals surface area (Å²) in [5.74, 6) is 0.448. The van der Waals surface area contributed by atoms with Crippen LogP contribution in [-0.2, 0) is 6.54 Å². The van der Waals surface area contributed by atoms with E-state index in [9.17, 15) is 9.59 Å². The molecule has 0 unspecified atom stereocenters. The van der Waals surface area contributed by atoms with Gasteiger partial charge in [-0.2, -0.15) is 0 Å². The molecule has 0 spiro atoms. The van der Waals surface area contributed by atoms with Crippen LogP contribution in [-0.4, -0.2) is 23.0 Å². The lowest BCUT2D eigenvalue weighted by Gasteiger charge is -2.23. The molecule has 0 bridgehead atoms. The van der Waals surface area contributed by atoms with E-state index in [0.29, 0.717) is 22.6 Å². The van der Waals surface area contributed by atoms with Gasteiger partial charge in [-0.1, -0.05) is 11.6 Å². The number of ether oxygens (including phenoxy) is 1. The van der Waals surface area contributed by atoms with Gasteiger partial charge in [-0.3, -0.25) is 14.6 Å². The molecule has 2 aromatic heterocycles. The number of aromatic nitrogens is 2. The Morgan fingerprint density at radius 3 is 2.60 bits per heavy atom. The minimum atomic E-state index is -0.239. The Morgan fingerprint density at radius 2 is 1.90 bits per heavy atom. The molecule has 0 radical (unpaired) electrons. The van der Waals surface area contributed by atoms with E-state index in [0.717, 1.165) is 16.5 Å². The third-order valence-electron chi connectivity index (χ3n) is 4.94. The van der Waals surface area contributed by atoms with Crippen LogP contribution in [0.1, 0.15) is 21.5 Å². The minimum Gasteiger partial charge on any atom is -0.497 e.